The Morgan fingerprint density at radius 1 is 1.21 bits per heavy atom. The van der Waals surface area contributed by atoms with Crippen LogP contribution in [0.2, 0.25) is 5.02 Å². The van der Waals surface area contributed by atoms with Crippen molar-refractivity contribution in [2.45, 2.75) is 13.3 Å². The molecule has 0 aromatic heterocycles. The van der Waals surface area contributed by atoms with Crippen LogP contribution >= 0.6 is 11.6 Å². The standard InChI is InChI=1S/C16H15ClN2/c1-12-10-15(18)16(11-14(12)17)19-9-5-8-13-6-3-2-4-7-13/h2-4,6-7,10-11,19H,8,18H2,1H3. The van der Waals surface area contributed by atoms with Gasteiger partial charge in [-0.25, -0.2) is 0 Å². The van der Waals surface area contributed by atoms with Gasteiger partial charge in [0.25, 0.3) is 0 Å². The number of nitrogens with one attached hydrogen (secondary N) is 1. The maximum atomic E-state index is 6.05. The Morgan fingerprint density at radius 2 is 1.95 bits per heavy atom. The molecule has 3 heteroatoms. The first-order valence-corrected chi connectivity index (χ1v) is 6.38. The van der Waals surface area contributed by atoms with Crippen LogP contribution in [0.5, 0.6) is 0 Å². The molecule has 2 aromatic carbocycles. The molecular formula is C16H15ClN2. The molecule has 0 heterocycles. The third-order valence-corrected chi connectivity index (χ3v) is 3.16. The highest BCUT2D eigenvalue weighted by molar-refractivity contribution is 6.31. The smallest absolute Gasteiger partial charge is 0.0704 e. The van der Waals surface area contributed by atoms with Gasteiger partial charge in [0.05, 0.1) is 11.4 Å². The van der Waals surface area contributed by atoms with Crippen molar-refractivity contribution in [2.75, 3.05) is 11.1 Å². The fourth-order valence-corrected chi connectivity index (χ4v) is 1.83. The summed E-state index contributed by atoms with van der Waals surface area (Å²) in [6.45, 7) is 1.92. The quantitative estimate of drug-likeness (QED) is 0.494. The van der Waals surface area contributed by atoms with Crippen molar-refractivity contribution in [1.29, 1.82) is 0 Å². The van der Waals surface area contributed by atoms with Gasteiger partial charge in [-0.2, -0.15) is 0 Å². The van der Waals surface area contributed by atoms with Crippen molar-refractivity contribution in [3.63, 3.8) is 0 Å². The Balaban J connectivity index is 2.02. The number of aryl methyl sites for hydroxylation is 1. The molecule has 0 aliphatic heterocycles. The van der Waals surface area contributed by atoms with Gasteiger partial charge >= 0.3 is 0 Å². The molecule has 0 radical (unpaired) electrons. The van der Waals surface area contributed by atoms with E-state index in [0.717, 1.165) is 11.3 Å². The molecular weight excluding hydrogens is 256 g/mol. The largest absolute Gasteiger partial charge is 0.397 e. The highest BCUT2D eigenvalue weighted by Crippen LogP contribution is 2.26. The number of nitrogen functional groups attached to an aromatic ring is 1. The third-order valence-electron chi connectivity index (χ3n) is 2.75. The molecule has 0 amide bonds. The van der Waals surface area contributed by atoms with E-state index in [1.54, 1.807) is 6.07 Å². The van der Waals surface area contributed by atoms with Crippen LogP contribution in [-0.4, -0.2) is 0 Å². The first-order chi connectivity index (χ1) is 9.16. The molecule has 0 unspecified atom stereocenters. The van der Waals surface area contributed by atoms with Crippen molar-refractivity contribution >= 4 is 23.0 Å². The number of hydrogen-bond acceptors (Lipinski definition) is 2. The topological polar surface area (TPSA) is 38.0 Å². The van der Waals surface area contributed by atoms with Crippen molar-refractivity contribution in [2.24, 2.45) is 0 Å². The molecule has 0 fully saturated rings. The lowest BCUT2D eigenvalue weighted by molar-refractivity contribution is 1.32. The minimum absolute atomic E-state index is 0.649. The molecule has 0 aliphatic rings. The SMILES string of the molecule is Cc1cc(N)c(NC#CCc2ccccc2)cc1Cl. The van der Waals surface area contributed by atoms with Crippen LogP contribution in [0.15, 0.2) is 42.5 Å². The second kappa shape index (κ2) is 6.17. The summed E-state index contributed by atoms with van der Waals surface area (Å²) >= 11 is 6.05. The Kier molecular flexibility index (Phi) is 4.33. The number of benzene rings is 2. The van der Waals surface area contributed by atoms with Crippen LogP contribution in [-0.2, 0) is 6.42 Å². The first kappa shape index (κ1) is 13.3. The summed E-state index contributed by atoms with van der Waals surface area (Å²) in [6, 6.07) is 16.6. The average molecular weight is 271 g/mol. The van der Waals surface area contributed by atoms with E-state index >= 15 is 0 Å². The van der Waals surface area contributed by atoms with Crippen molar-refractivity contribution in [3.8, 4) is 12.0 Å². The van der Waals surface area contributed by atoms with Gasteiger partial charge < -0.3 is 11.1 Å². The second-order valence-electron chi connectivity index (χ2n) is 4.28. The molecule has 2 aromatic rings. The predicted octanol–water partition coefficient (Wildman–Crippen LogP) is 3.85. The van der Waals surface area contributed by atoms with E-state index < -0.39 is 0 Å². The number of halogens is 1. The van der Waals surface area contributed by atoms with Gasteiger partial charge in [-0.3, -0.25) is 0 Å². The van der Waals surface area contributed by atoms with Crippen LogP contribution in [0, 0.1) is 18.9 Å². The van der Waals surface area contributed by atoms with Crippen LogP contribution in [0.1, 0.15) is 11.1 Å². The Hall–Kier alpha value is -2.11. The van der Waals surface area contributed by atoms with Gasteiger partial charge in [0.15, 0.2) is 0 Å². The predicted molar refractivity (Wildman–Crippen MR) is 82.1 cm³/mol. The molecule has 0 saturated carbocycles. The highest BCUT2D eigenvalue weighted by atomic mass is 35.5. The van der Waals surface area contributed by atoms with E-state index in [1.165, 1.54) is 5.56 Å². The maximum absolute atomic E-state index is 6.05. The first-order valence-electron chi connectivity index (χ1n) is 6.00. The highest BCUT2D eigenvalue weighted by Gasteiger charge is 2.01. The summed E-state index contributed by atoms with van der Waals surface area (Å²) in [5.41, 5.74) is 9.44. The minimum atomic E-state index is 0.649. The van der Waals surface area contributed by atoms with E-state index in [0.29, 0.717) is 17.1 Å². The zero-order valence-corrected chi connectivity index (χ0v) is 11.5. The molecule has 19 heavy (non-hydrogen) atoms. The van der Waals surface area contributed by atoms with E-state index in [1.807, 2.05) is 43.3 Å². The lowest BCUT2D eigenvalue weighted by Crippen LogP contribution is -1.96. The molecule has 96 valence electrons. The van der Waals surface area contributed by atoms with Gasteiger partial charge in [0.2, 0.25) is 0 Å². The zero-order chi connectivity index (χ0) is 13.7. The summed E-state index contributed by atoms with van der Waals surface area (Å²) in [4.78, 5) is 0. The summed E-state index contributed by atoms with van der Waals surface area (Å²) in [5, 5.41) is 3.66. The molecule has 2 rings (SSSR count). The monoisotopic (exact) mass is 270 g/mol. The van der Waals surface area contributed by atoms with Crippen LogP contribution in [0.25, 0.3) is 0 Å². The zero-order valence-electron chi connectivity index (χ0n) is 10.7. The van der Waals surface area contributed by atoms with Crippen molar-refractivity contribution < 1.29 is 0 Å². The van der Waals surface area contributed by atoms with Gasteiger partial charge in [-0.05, 0) is 30.2 Å². The molecule has 0 saturated heterocycles. The molecule has 0 aliphatic carbocycles. The molecule has 0 spiro atoms. The van der Waals surface area contributed by atoms with Gasteiger partial charge in [-0.1, -0.05) is 47.9 Å². The normalized spacial score (nSPS) is 9.58. The second-order valence-corrected chi connectivity index (χ2v) is 4.68. The fraction of sp³-hybridized carbons (Fsp3) is 0.125. The maximum Gasteiger partial charge on any atom is 0.0704 e. The number of nitrogens with two attached hydrogens (primary N) is 1. The van der Waals surface area contributed by atoms with Gasteiger partial charge in [0, 0.05) is 17.5 Å². The fourth-order valence-electron chi connectivity index (χ4n) is 1.67. The molecule has 0 atom stereocenters. The van der Waals surface area contributed by atoms with E-state index in [2.05, 4.69) is 17.3 Å². The van der Waals surface area contributed by atoms with Crippen LogP contribution in [0.4, 0.5) is 11.4 Å². The summed E-state index contributed by atoms with van der Waals surface area (Å²) < 4.78 is 0. The number of anilines is 2. The average Bonchev–Trinajstić information content (AvgIpc) is 2.41. The third kappa shape index (κ3) is 3.67. The van der Waals surface area contributed by atoms with Crippen LogP contribution in [0.3, 0.4) is 0 Å². The number of hydrogen-bond donors (Lipinski definition) is 2. The summed E-state index contributed by atoms with van der Waals surface area (Å²) in [7, 11) is 0. The van der Waals surface area contributed by atoms with Crippen molar-refractivity contribution in [1.82, 2.24) is 0 Å². The minimum Gasteiger partial charge on any atom is -0.397 e. The van der Waals surface area contributed by atoms with Gasteiger partial charge in [0.1, 0.15) is 0 Å². The molecule has 0 bridgehead atoms. The molecule has 2 nitrogen and oxygen atoms in total. The molecule has 3 N–H and O–H groups in total. The van der Waals surface area contributed by atoms with Gasteiger partial charge in [-0.15, -0.1) is 0 Å². The summed E-state index contributed by atoms with van der Waals surface area (Å²) in [5.74, 6) is 3.05. The van der Waals surface area contributed by atoms with Crippen LogP contribution < -0.4 is 11.1 Å². The van der Waals surface area contributed by atoms with E-state index in [-0.39, 0.29) is 0 Å². The summed E-state index contributed by atoms with van der Waals surface area (Å²) in [6.07, 6.45) is 0.702. The number of rotatable bonds is 2. The van der Waals surface area contributed by atoms with E-state index in [9.17, 15) is 0 Å². The lowest BCUT2D eigenvalue weighted by Gasteiger charge is -2.06. The Bertz CT molecular complexity index is 624. The Labute approximate surface area is 118 Å². The Morgan fingerprint density at radius 3 is 2.68 bits per heavy atom. The lowest BCUT2D eigenvalue weighted by atomic mass is 10.2. The van der Waals surface area contributed by atoms with E-state index in [4.69, 9.17) is 17.3 Å². The van der Waals surface area contributed by atoms with Crippen molar-refractivity contribution in [3.05, 3.63) is 58.6 Å².